The molecule has 2 N–H and O–H groups in total. The van der Waals surface area contributed by atoms with Crippen molar-refractivity contribution < 1.29 is 9.59 Å². The Morgan fingerprint density at radius 1 is 1.11 bits per heavy atom. The van der Waals surface area contributed by atoms with Crippen LogP contribution < -0.4 is 10.6 Å². The minimum Gasteiger partial charge on any atom is -0.339 e. The quantitative estimate of drug-likeness (QED) is 0.605. The van der Waals surface area contributed by atoms with Crippen molar-refractivity contribution in [2.24, 2.45) is 0 Å². The lowest BCUT2D eigenvalue weighted by atomic mass is 10.1. The van der Waals surface area contributed by atoms with Crippen LogP contribution >= 0.6 is 23.6 Å². The Bertz CT molecular complexity index is 841. The van der Waals surface area contributed by atoms with E-state index in [1.165, 1.54) is 12.5 Å². The van der Waals surface area contributed by atoms with E-state index in [1.54, 1.807) is 35.6 Å². The molecule has 1 aliphatic rings. The molecule has 1 aromatic carbocycles. The van der Waals surface area contributed by atoms with Crippen LogP contribution in [0.2, 0.25) is 0 Å². The van der Waals surface area contributed by atoms with Gasteiger partial charge in [0.15, 0.2) is 5.11 Å². The Balaban J connectivity index is 1.56. The molecule has 0 aliphatic carbocycles. The Morgan fingerprint density at radius 2 is 1.93 bits per heavy atom. The zero-order valence-corrected chi connectivity index (χ0v) is 16.4. The molecule has 0 unspecified atom stereocenters. The van der Waals surface area contributed by atoms with Gasteiger partial charge < -0.3 is 10.2 Å². The fraction of sp³-hybridized carbons (Fsp3) is 0.250. The highest BCUT2D eigenvalue weighted by Gasteiger charge is 2.18. The zero-order chi connectivity index (χ0) is 19.1. The molecule has 3 rings (SSSR count). The third-order valence-corrected chi connectivity index (χ3v) is 5.23. The zero-order valence-electron chi connectivity index (χ0n) is 14.8. The van der Waals surface area contributed by atoms with E-state index in [-0.39, 0.29) is 16.9 Å². The van der Waals surface area contributed by atoms with Gasteiger partial charge in [0.1, 0.15) is 0 Å². The molecule has 5 nitrogen and oxygen atoms in total. The molecule has 27 heavy (non-hydrogen) atoms. The number of nitrogens with zero attached hydrogens (tertiary/aromatic N) is 1. The summed E-state index contributed by atoms with van der Waals surface area (Å²) in [6, 6.07) is 11.0. The number of rotatable bonds is 4. The second-order valence-electron chi connectivity index (χ2n) is 6.23. The average Bonchev–Trinajstić information content (AvgIpc) is 3.20. The summed E-state index contributed by atoms with van der Waals surface area (Å²) < 4.78 is 0. The first kappa shape index (κ1) is 19.3. The third kappa shape index (κ3) is 5.74. The maximum absolute atomic E-state index is 12.6. The Morgan fingerprint density at radius 3 is 2.67 bits per heavy atom. The predicted octanol–water partition coefficient (Wildman–Crippen LogP) is 3.90. The number of amides is 2. The number of likely N-dealkylation sites (tertiary alicyclic amines) is 1. The minimum absolute atomic E-state index is 0.0344. The van der Waals surface area contributed by atoms with Crippen molar-refractivity contribution in [1.29, 1.82) is 0 Å². The second-order valence-corrected chi connectivity index (χ2v) is 7.61. The lowest BCUT2D eigenvalue weighted by Gasteiger charge is -2.26. The van der Waals surface area contributed by atoms with Gasteiger partial charge >= 0.3 is 0 Å². The first-order chi connectivity index (χ1) is 13.1. The minimum atomic E-state index is -0.304. The van der Waals surface area contributed by atoms with Crippen LogP contribution in [0, 0.1) is 0 Å². The molecule has 1 saturated heterocycles. The lowest BCUT2D eigenvalue weighted by Crippen LogP contribution is -2.35. The number of piperidine rings is 1. The SMILES string of the molecule is O=C(/C=C/c1cccs1)NC(=S)Nc1cccc(C(=O)N2CCCCC2)c1. The van der Waals surface area contributed by atoms with E-state index in [2.05, 4.69) is 10.6 Å². The molecule has 0 bridgehead atoms. The van der Waals surface area contributed by atoms with E-state index in [0.29, 0.717) is 11.3 Å². The molecule has 0 saturated carbocycles. The number of hydrogen-bond acceptors (Lipinski definition) is 4. The molecule has 0 radical (unpaired) electrons. The molecule has 1 fully saturated rings. The fourth-order valence-electron chi connectivity index (χ4n) is 2.87. The van der Waals surface area contributed by atoms with Gasteiger partial charge in [-0.2, -0.15) is 0 Å². The van der Waals surface area contributed by atoms with E-state index in [0.717, 1.165) is 30.8 Å². The van der Waals surface area contributed by atoms with Gasteiger partial charge in [0.05, 0.1) is 0 Å². The van der Waals surface area contributed by atoms with Gasteiger partial charge in [-0.1, -0.05) is 12.1 Å². The fourth-order valence-corrected chi connectivity index (χ4v) is 3.71. The number of hydrogen-bond donors (Lipinski definition) is 2. The van der Waals surface area contributed by atoms with Gasteiger partial charge in [0.25, 0.3) is 5.91 Å². The summed E-state index contributed by atoms with van der Waals surface area (Å²) in [5, 5.41) is 7.71. The number of carbonyl (C=O) groups excluding carboxylic acids is 2. The van der Waals surface area contributed by atoms with Crippen LogP contribution in [-0.4, -0.2) is 34.9 Å². The first-order valence-electron chi connectivity index (χ1n) is 8.85. The predicted molar refractivity (Wildman–Crippen MR) is 114 cm³/mol. The van der Waals surface area contributed by atoms with Gasteiger partial charge in [-0.25, -0.2) is 0 Å². The number of thiophene rings is 1. The third-order valence-electron chi connectivity index (χ3n) is 4.19. The molecule has 7 heteroatoms. The number of thiocarbonyl (C=S) groups is 1. The van der Waals surface area contributed by atoms with Crippen molar-refractivity contribution in [2.75, 3.05) is 18.4 Å². The highest BCUT2D eigenvalue weighted by molar-refractivity contribution is 7.80. The maximum atomic E-state index is 12.6. The largest absolute Gasteiger partial charge is 0.339 e. The normalized spacial score (nSPS) is 14.1. The molecule has 2 amide bonds. The molecular weight excluding hydrogens is 378 g/mol. The molecule has 2 heterocycles. The van der Waals surface area contributed by atoms with Crippen LogP contribution in [-0.2, 0) is 4.79 Å². The number of carbonyl (C=O) groups is 2. The smallest absolute Gasteiger partial charge is 0.253 e. The molecule has 1 aromatic heterocycles. The van der Waals surface area contributed by atoms with Crippen LogP contribution in [0.1, 0.15) is 34.5 Å². The summed E-state index contributed by atoms with van der Waals surface area (Å²) >= 11 is 6.74. The van der Waals surface area contributed by atoms with Gasteiger partial charge in [-0.3, -0.25) is 14.9 Å². The lowest BCUT2D eigenvalue weighted by molar-refractivity contribution is -0.115. The van der Waals surface area contributed by atoms with Gasteiger partial charge in [-0.15, -0.1) is 11.3 Å². The van der Waals surface area contributed by atoms with E-state index in [9.17, 15) is 9.59 Å². The molecule has 140 valence electrons. The van der Waals surface area contributed by atoms with Crippen LogP contribution in [0.15, 0.2) is 47.9 Å². The number of benzene rings is 1. The summed E-state index contributed by atoms with van der Waals surface area (Å²) in [5.41, 5.74) is 1.29. The van der Waals surface area contributed by atoms with Crippen molar-refractivity contribution >= 4 is 52.2 Å². The highest BCUT2D eigenvalue weighted by Crippen LogP contribution is 2.16. The van der Waals surface area contributed by atoms with Crippen LogP contribution in [0.4, 0.5) is 5.69 Å². The molecule has 0 atom stereocenters. The highest BCUT2D eigenvalue weighted by atomic mass is 32.1. The Kier molecular flexibility index (Phi) is 6.73. The van der Waals surface area contributed by atoms with Crippen molar-refractivity contribution in [3.63, 3.8) is 0 Å². The van der Waals surface area contributed by atoms with Crippen molar-refractivity contribution in [3.8, 4) is 0 Å². The van der Waals surface area contributed by atoms with E-state index in [4.69, 9.17) is 12.2 Å². The van der Waals surface area contributed by atoms with Crippen LogP contribution in [0.5, 0.6) is 0 Å². The molecular formula is C20H21N3O2S2. The van der Waals surface area contributed by atoms with Crippen LogP contribution in [0.3, 0.4) is 0 Å². The van der Waals surface area contributed by atoms with Crippen molar-refractivity contribution in [1.82, 2.24) is 10.2 Å². The summed E-state index contributed by atoms with van der Waals surface area (Å²) in [7, 11) is 0. The van der Waals surface area contributed by atoms with Crippen molar-refractivity contribution in [2.45, 2.75) is 19.3 Å². The average molecular weight is 400 g/mol. The second kappa shape index (κ2) is 9.43. The standard InChI is InChI=1S/C20H21N3O2S2/c24-18(10-9-17-8-5-13-27-17)22-20(26)21-16-7-4-6-15(14-16)19(25)23-11-2-1-3-12-23/h4-10,13-14H,1-3,11-12H2,(H2,21,22,24,26)/b10-9+. The summed E-state index contributed by atoms with van der Waals surface area (Å²) in [6.45, 7) is 1.61. The van der Waals surface area contributed by atoms with E-state index in [1.807, 2.05) is 28.5 Å². The van der Waals surface area contributed by atoms with Crippen molar-refractivity contribution in [3.05, 3.63) is 58.3 Å². The summed E-state index contributed by atoms with van der Waals surface area (Å²) in [6.07, 6.45) is 6.47. The molecule has 2 aromatic rings. The van der Waals surface area contributed by atoms with Gasteiger partial charge in [0.2, 0.25) is 5.91 Å². The Labute approximate surface area is 168 Å². The summed E-state index contributed by atoms with van der Waals surface area (Å²) in [5.74, 6) is -0.270. The first-order valence-corrected chi connectivity index (χ1v) is 10.1. The van der Waals surface area contributed by atoms with Gasteiger partial charge in [0, 0.05) is 35.3 Å². The molecule has 0 spiro atoms. The topological polar surface area (TPSA) is 61.4 Å². The van der Waals surface area contributed by atoms with E-state index >= 15 is 0 Å². The summed E-state index contributed by atoms with van der Waals surface area (Å²) in [4.78, 5) is 27.4. The molecule has 1 aliphatic heterocycles. The Hall–Kier alpha value is -2.51. The van der Waals surface area contributed by atoms with Gasteiger partial charge in [-0.05, 0) is 67.2 Å². The van der Waals surface area contributed by atoms with Crippen LogP contribution in [0.25, 0.3) is 6.08 Å². The number of anilines is 1. The van der Waals surface area contributed by atoms with E-state index < -0.39 is 0 Å². The number of nitrogens with one attached hydrogen (secondary N) is 2. The monoisotopic (exact) mass is 399 g/mol. The maximum Gasteiger partial charge on any atom is 0.253 e.